The minimum atomic E-state index is -0.0777. The van der Waals surface area contributed by atoms with Crippen molar-refractivity contribution in [2.75, 3.05) is 13.1 Å². The molecule has 0 saturated carbocycles. The molecule has 0 bridgehead atoms. The molecular weight excluding hydrogens is 318 g/mol. The summed E-state index contributed by atoms with van der Waals surface area (Å²) in [5.41, 5.74) is 2.98. The number of hydrogen-bond donors (Lipinski definition) is 1. The van der Waals surface area contributed by atoms with Crippen LogP contribution in [0.2, 0.25) is 0 Å². The lowest BCUT2D eigenvalue weighted by Crippen LogP contribution is -2.47. The van der Waals surface area contributed by atoms with Crippen molar-refractivity contribution in [2.45, 2.75) is 59.0 Å². The predicted octanol–water partition coefficient (Wildman–Crippen LogP) is 3.29. The number of carbonyl (C=O) groups excluding carboxylic acids is 1. The van der Waals surface area contributed by atoms with Crippen LogP contribution >= 0.6 is 0 Å². The molecule has 1 aliphatic rings. The normalized spacial score (nSPS) is 19.0. The number of nitrogens with one attached hydrogen (secondary N) is 1. The smallest absolute Gasteiger partial charge is 0.317 e. The molecule has 1 saturated heterocycles. The molecule has 7 nitrogen and oxygen atoms in total. The lowest BCUT2D eigenvalue weighted by atomic mass is 10.0. The first-order valence-corrected chi connectivity index (χ1v) is 8.98. The predicted molar refractivity (Wildman–Crippen MR) is 94.3 cm³/mol. The first kappa shape index (κ1) is 17.5. The average molecular weight is 345 g/mol. The Balaban J connectivity index is 1.67. The standard InChI is InChI=1S/C18H27N5O2/c1-5-16(17-13(3)21-25-14(17)4)20-18(24)22-8-6-7-15(11-22)23-10-12(2)9-19-23/h9-10,15-16H,5-8,11H2,1-4H3,(H,20,24)/t15-,16+/m1/s1. The van der Waals surface area contributed by atoms with E-state index in [1.807, 2.05) is 42.7 Å². The summed E-state index contributed by atoms with van der Waals surface area (Å²) < 4.78 is 7.24. The van der Waals surface area contributed by atoms with Gasteiger partial charge in [0, 0.05) is 24.8 Å². The maximum atomic E-state index is 12.8. The van der Waals surface area contributed by atoms with Crippen molar-refractivity contribution >= 4 is 6.03 Å². The van der Waals surface area contributed by atoms with Crippen LogP contribution in [0.4, 0.5) is 4.79 Å². The van der Waals surface area contributed by atoms with Gasteiger partial charge in [0.15, 0.2) is 0 Å². The van der Waals surface area contributed by atoms with Gasteiger partial charge in [-0.1, -0.05) is 12.1 Å². The summed E-state index contributed by atoms with van der Waals surface area (Å²) in [5.74, 6) is 0.771. The lowest BCUT2D eigenvalue weighted by Gasteiger charge is -2.34. The highest BCUT2D eigenvalue weighted by molar-refractivity contribution is 5.75. The Hall–Kier alpha value is -2.31. The van der Waals surface area contributed by atoms with Gasteiger partial charge in [0.25, 0.3) is 0 Å². The van der Waals surface area contributed by atoms with Gasteiger partial charge in [-0.25, -0.2) is 4.79 Å². The van der Waals surface area contributed by atoms with Crippen molar-refractivity contribution in [2.24, 2.45) is 0 Å². The van der Waals surface area contributed by atoms with Crippen molar-refractivity contribution in [1.82, 2.24) is 25.2 Å². The van der Waals surface area contributed by atoms with Crippen molar-refractivity contribution in [1.29, 1.82) is 0 Å². The molecule has 3 rings (SSSR count). The summed E-state index contributed by atoms with van der Waals surface area (Å²) in [6.07, 6.45) is 6.74. The lowest BCUT2D eigenvalue weighted by molar-refractivity contribution is 0.159. The number of hydrogen-bond acceptors (Lipinski definition) is 4. The Bertz CT molecular complexity index is 716. The van der Waals surface area contributed by atoms with Crippen LogP contribution in [0.25, 0.3) is 0 Å². The maximum Gasteiger partial charge on any atom is 0.317 e. The number of amides is 2. The molecular formula is C18H27N5O2. The average Bonchev–Trinajstić information content (AvgIpc) is 3.19. The molecule has 7 heteroatoms. The first-order valence-electron chi connectivity index (χ1n) is 8.98. The minimum Gasteiger partial charge on any atom is -0.361 e. The van der Waals surface area contributed by atoms with Gasteiger partial charge < -0.3 is 14.7 Å². The van der Waals surface area contributed by atoms with Crippen molar-refractivity contribution in [3.8, 4) is 0 Å². The van der Waals surface area contributed by atoms with Crippen molar-refractivity contribution in [3.05, 3.63) is 35.0 Å². The Labute approximate surface area is 148 Å². The molecule has 2 aromatic heterocycles. The zero-order chi connectivity index (χ0) is 18.0. The van der Waals surface area contributed by atoms with E-state index >= 15 is 0 Å². The number of carbonyl (C=O) groups is 1. The number of urea groups is 1. The zero-order valence-corrected chi connectivity index (χ0v) is 15.5. The summed E-state index contributed by atoms with van der Waals surface area (Å²) in [7, 11) is 0. The second-order valence-electron chi connectivity index (χ2n) is 6.89. The summed E-state index contributed by atoms with van der Waals surface area (Å²) in [4.78, 5) is 14.7. The third kappa shape index (κ3) is 3.70. The molecule has 3 heterocycles. The molecule has 0 radical (unpaired) electrons. The van der Waals surface area contributed by atoms with Crippen LogP contribution in [0.3, 0.4) is 0 Å². The molecule has 0 spiro atoms. The van der Waals surface area contributed by atoms with Crippen molar-refractivity contribution in [3.63, 3.8) is 0 Å². The number of nitrogens with zero attached hydrogens (tertiary/aromatic N) is 4. The molecule has 0 aliphatic carbocycles. The quantitative estimate of drug-likeness (QED) is 0.922. The second kappa shape index (κ2) is 7.29. The molecule has 2 atom stereocenters. The summed E-state index contributed by atoms with van der Waals surface area (Å²) in [6, 6.07) is 0.138. The molecule has 2 amide bonds. The van der Waals surface area contributed by atoms with Gasteiger partial charge in [-0.2, -0.15) is 5.10 Å². The van der Waals surface area contributed by atoms with E-state index in [1.165, 1.54) is 0 Å². The van der Waals surface area contributed by atoms with E-state index in [0.29, 0.717) is 6.54 Å². The van der Waals surface area contributed by atoms with Gasteiger partial charge in [-0.05, 0) is 45.6 Å². The van der Waals surface area contributed by atoms with Gasteiger partial charge in [0.2, 0.25) is 0 Å². The third-order valence-corrected chi connectivity index (χ3v) is 4.93. The van der Waals surface area contributed by atoms with Crippen LogP contribution in [0.15, 0.2) is 16.9 Å². The van der Waals surface area contributed by atoms with E-state index in [2.05, 4.69) is 22.5 Å². The first-order chi connectivity index (χ1) is 12.0. The zero-order valence-electron chi connectivity index (χ0n) is 15.5. The summed E-state index contributed by atoms with van der Waals surface area (Å²) >= 11 is 0. The summed E-state index contributed by atoms with van der Waals surface area (Å²) in [5, 5.41) is 11.6. The van der Waals surface area contributed by atoms with Gasteiger partial charge in [-0.3, -0.25) is 4.68 Å². The third-order valence-electron chi connectivity index (χ3n) is 4.93. The van der Waals surface area contributed by atoms with E-state index in [-0.39, 0.29) is 18.1 Å². The van der Waals surface area contributed by atoms with Crippen LogP contribution in [-0.2, 0) is 0 Å². The monoisotopic (exact) mass is 345 g/mol. The van der Waals surface area contributed by atoms with Crippen molar-refractivity contribution < 1.29 is 9.32 Å². The molecule has 0 aromatic carbocycles. The number of aryl methyl sites for hydroxylation is 3. The fourth-order valence-corrected chi connectivity index (χ4v) is 3.59. The fraction of sp³-hybridized carbons (Fsp3) is 0.611. The SMILES string of the molecule is CC[C@H](NC(=O)N1CCC[C@@H](n2cc(C)cn2)C1)c1c(C)noc1C. The van der Waals surface area contributed by atoms with E-state index < -0.39 is 0 Å². The van der Waals surface area contributed by atoms with E-state index in [1.54, 1.807) is 0 Å². The molecule has 2 aromatic rings. The van der Waals surface area contributed by atoms with Gasteiger partial charge in [0.1, 0.15) is 5.76 Å². The highest BCUT2D eigenvalue weighted by Crippen LogP contribution is 2.26. The van der Waals surface area contributed by atoms with E-state index in [0.717, 1.165) is 48.4 Å². The van der Waals surface area contributed by atoms with Crippen LogP contribution in [0.5, 0.6) is 0 Å². The minimum absolute atomic E-state index is 0.0274. The molecule has 1 N–H and O–H groups in total. The van der Waals surface area contributed by atoms with E-state index in [4.69, 9.17) is 4.52 Å². The van der Waals surface area contributed by atoms with Gasteiger partial charge >= 0.3 is 6.03 Å². The summed E-state index contributed by atoms with van der Waals surface area (Å²) in [6.45, 7) is 9.36. The number of rotatable bonds is 4. The van der Waals surface area contributed by atoms with Crippen LogP contribution in [0, 0.1) is 20.8 Å². The molecule has 0 unspecified atom stereocenters. The highest BCUT2D eigenvalue weighted by Gasteiger charge is 2.28. The Kier molecular flexibility index (Phi) is 5.11. The largest absolute Gasteiger partial charge is 0.361 e. The number of aromatic nitrogens is 3. The Morgan fingerprint density at radius 1 is 1.44 bits per heavy atom. The van der Waals surface area contributed by atoms with Crippen LogP contribution in [-0.4, -0.2) is 39.0 Å². The second-order valence-corrected chi connectivity index (χ2v) is 6.89. The van der Waals surface area contributed by atoms with Gasteiger partial charge in [-0.15, -0.1) is 0 Å². The molecule has 136 valence electrons. The van der Waals surface area contributed by atoms with Gasteiger partial charge in [0.05, 0.1) is 24.0 Å². The topological polar surface area (TPSA) is 76.2 Å². The molecule has 25 heavy (non-hydrogen) atoms. The number of piperidine rings is 1. The van der Waals surface area contributed by atoms with E-state index in [9.17, 15) is 4.79 Å². The Morgan fingerprint density at radius 2 is 2.24 bits per heavy atom. The Morgan fingerprint density at radius 3 is 2.84 bits per heavy atom. The molecule has 1 fully saturated rings. The number of likely N-dealkylation sites (tertiary alicyclic amines) is 1. The fourth-order valence-electron chi connectivity index (χ4n) is 3.59. The maximum absolute atomic E-state index is 12.8. The van der Waals surface area contributed by atoms with Crippen LogP contribution in [0.1, 0.15) is 60.9 Å². The molecule has 1 aliphatic heterocycles. The van der Waals surface area contributed by atoms with Crippen LogP contribution < -0.4 is 5.32 Å². The highest BCUT2D eigenvalue weighted by atomic mass is 16.5.